The monoisotopic (exact) mass is 425 g/mol. The van der Waals surface area contributed by atoms with Crippen molar-refractivity contribution in [3.05, 3.63) is 56.0 Å². The lowest BCUT2D eigenvalue weighted by Gasteiger charge is -2.04. The van der Waals surface area contributed by atoms with Gasteiger partial charge in [-0.1, -0.05) is 23.2 Å². The topological polar surface area (TPSA) is 71.1 Å². The van der Waals surface area contributed by atoms with E-state index in [0.717, 1.165) is 0 Å². The number of halogens is 2. The summed E-state index contributed by atoms with van der Waals surface area (Å²) in [7, 11) is 0. The summed E-state index contributed by atoms with van der Waals surface area (Å²) in [5, 5.41) is 12.4. The molecule has 1 aromatic carbocycles. The lowest BCUT2D eigenvalue weighted by molar-refractivity contribution is -0.116. The van der Waals surface area contributed by atoms with E-state index in [2.05, 4.69) is 15.6 Å². The Hall–Kier alpha value is -1.93. The Labute approximate surface area is 168 Å². The Kier molecular flexibility index (Phi) is 6.26. The van der Waals surface area contributed by atoms with Gasteiger partial charge in [0.05, 0.1) is 10.7 Å². The number of carbonyl (C=O) groups is 2. The Balaban J connectivity index is 1.53. The van der Waals surface area contributed by atoms with Crippen molar-refractivity contribution in [3.8, 4) is 11.3 Å². The molecule has 26 heavy (non-hydrogen) atoms. The molecule has 0 aliphatic heterocycles. The first-order valence-electron chi connectivity index (χ1n) is 7.54. The predicted molar refractivity (Wildman–Crippen MR) is 107 cm³/mol. The van der Waals surface area contributed by atoms with E-state index in [9.17, 15) is 9.59 Å². The number of carbonyl (C=O) groups excluding carboxylic acids is 2. The van der Waals surface area contributed by atoms with Crippen molar-refractivity contribution >= 4 is 62.8 Å². The number of nitrogens with zero attached hydrogens (tertiary/aromatic N) is 1. The summed E-state index contributed by atoms with van der Waals surface area (Å²) in [6.45, 7) is 0.249. The van der Waals surface area contributed by atoms with Crippen molar-refractivity contribution in [2.24, 2.45) is 0 Å². The van der Waals surface area contributed by atoms with Crippen LogP contribution in [0.5, 0.6) is 0 Å². The van der Waals surface area contributed by atoms with Crippen molar-refractivity contribution < 1.29 is 9.59 Å². The zero-order chi connectivity index (χ0) is 18.5. The van der Waals surface area contributed by atoms with Crippen molar-refractivity contribution in [2.75, 3.05) is 11.9 Å². The number of thiophene rings is 1. The third-order valence-corrected chi connectivity index (χ3v) is 5.38. The molecule has 2 aromatic heterocycles. The van der Waals surface area contributed by atoms with Crippen LogP contribution in [0.25, 0.3) is 11.3 Å². The number of anilines is 1. The number of nitrogens with one attached hydrogen (secondary N) is 2. The van der Waals surface area contributed by atoms with Crippen LogP contribution in [0.3, 0.4) is 0 Å². The maximum absolute atomic E-state index is 12.0. The highest BCUT2D eigenvalue weighted by molar-refractivity contribution is 7.14. The molecule has 0 saturated carbocycles. The molecule has 0 bridgehead atoms. The number of rotatable bonds is 6. The first-order valence-corrected chi connectivity index (χ1v) is 10.1. The first-order chi connectivity index (χ1) is 12.5. The number of benzene rings is 1. The van der Waals surface area contributed by atoms with Gasteiger partial charge in [0.25, 0.3) is 5.91 Å². The smallest absolute Gasteiger partial charge is 0.252 e. The molecular formula is C17H13Cl2N3O2S2. The summed E-state index contributed by atoms with van der Waals surface area (Å²) in [6.07, 6.45) is 0.155. The van der Waals surface area contributed by atoms with E-state index in [1.165, 1.54) is 22.7 Å². The van der Waals surface area contributed by atoms with Gasteiger partial charge in [0.2, 0.25) is 5.91 Å². The normalized spacial score (nSPS) is 10.5. The molecule has 9 heteroatoms. The Morgan fingerprint density at radius 2 is 2.00 bits per heavy atom. The molecule has 3 rings (SSSR count). The van der Waals surface area contributed by atoms with Gasteiger partial charge in [0.15, 0.2) is 5.13 Å². The molecule has 5 nitrogen and oxygen atoms in total. The third-order valence-electron chi connectivity index (χ3n) is 3.38. The van der Waals surface area contributed by atoms with Gasteiger partial charge < -0.3 is 10.6 Å². The Morgan fingerprint density at radius 1 is 1.15 bits per heavy atom. The fourth-order valence-corrected chi connectivity index (χ4v) is 3.86. The van der Waals surface area contributed by atoms with Gasteiger partial charge in [-0.05, 0) is 29.6 Å². The van der Waals surface area contributed by atoms with Crippen LogP contribution in [-0.4, -0.2) is 23.3 Å². The van der Waals surface area contributed by atoms with Crippen molar-refractivity contribution in [1.29, 1.82) is 0 Å². The molecular weight excluding hydrogens is 413 g/mol. The Bertz CT molecular complexity index is 926. The number of amides is 2. The van der Waals surface area contributed by atoms with Crippen LogP contribution in [0.2, 0.25) is 10.0 Å². The van der Waals surface area contributed by atoms with Crippen molar-refractivity contribution in [2.45, 2.75) is 6.42 Å². The van der Waals surface area contributed by atoms with Gasteiger partial charge >= 0.3 is 0 Å². The number of aromatic nitrogens is 1. The fraction of sp³-hybridized carbons (Fsp3) is 0.118. The van der Waals surface area contributed by atoms with Crippen LogP contribution in [0.1, 0.15) is 16.8 Å². The van der Waals surface area contributed by atoms with Crippen LogP contribution in [-0.2, 0) is 4.79 Å². The number of hydrogen-bond donors (Lipinski definition) is 2. The fourth-order valence-electron chi connectivity index (χ4n) is 2.12. The van der Waals surface area contributed by atoms with E-state index in [0.29, 0.717) is 32.0 Å². The third kappa shape index (κ3) is 4.82. The molecule has 134 valence electrons. The summed E-state index contributed by atoms with van der Waals surface area (Å²) in [5.41, 5.74) is 1.95. The Morgan fingerprint density at radius 3 is 2.77 bits per heavy atom. The largest absolute Gasteiger partial charge is 0.351 e. The minimum atomic E-state index is -0.228. The molecule has 3 aromatic rings. The van der Waals surface area contributed by atoms with Gasteiger partial charge in [0, 0.05) is 39.9 Å². The van der Waals surface area contributed by atoms with E-state index in [1.807, 2.05) is 5.38 Å². The maximum atomic E-state index is 12.0. The highest BCUT2D eigenvalue weighted by Gasteiger charge is 2.12. The molecule has 0 radical (unpaired) electrons. The number of thiazole rings is 1. The maximum Gasteiger partial charge on any atom is 0.252 e. The summed E-state index contributed by atoms with van der Waals surface area (Å²) in [6, 6.07) is 6.86. The van der Waals surface area contributed by atoms with Gasteiger partial charge in [-0.15, -0.1) is 11.3 Å². The minimum absolute atomic E-state index is 0.155. The van der Waals surface area contributed by atoms with Crippen molar-refractivity contribution in [3.63, 3.8) is 0 Å². The standard InChI is InChI=1S/C17H13Cl2N3O2S2/c18-11-1-2-13(19)12(7-11)14-9-26-17(21-14)22-15(23)3-5-20-16(24)10-4-6-25-8-10/h1-2,4,6-9H,3,5H2,(H,20,24)(H,21,22,23). The second-order valence-electron chi connectivity index (χ2n) is 5.23. The molecule has 0 spiro atoms. The van der Waals surface area contributed by atoms with Crippen molar-refractivity contribution in [1.82, 2.24) is 10.3 Å². The van der Waals surface area contributed by atoms with E-state index in [1.54, 1.807) is 35.0 Å². The molecule has 0 unspecified atom stereocenters. The minimum Gasteiger partial charge on any atom is -0.351 e. The molecule has 0 aliphatic rings. The summed E-state index contributed by atoms with van der Waals surface area (Å²) >= 11 is 14.9. The predicted octanol–water partition coefficient (Wildman–Crippen LogP) is 4.94. The summed E-state index contributed by atoms with van der Waals surface area (Å²) in [5.74, 6) is -0.417. The van der Waals surface area contributed by atoms with Crippen LogP contribution >= 0.6 is 45.9 Å². The van der Waals surface area contributed by atoms with Crippen LogP contribution < -0.4 is 10.6 Å². The summed E-state index contributed by atoms with van der Waals surface area (Å²) < 4.78 is 0. The summed E-state index contributed by atoms with van der Waals surface area (Å²) in [4.78, 5) is 28.2. The molecule has 0 fully saturated rings. The van der Waals surface area contributed by atoms with E-state index >= 15 is 0 Å². The molecule has 2 N–H and O–H groups in total. The highest BCUT2D eigenvalue weighted by Crippen LogP contribution is 2.32. The second-order valence-corrected chi connectivity index (χ2v) is 7.71. The number of hydrogen-bond acceptors (Lipinski definition) is 5. The molecule has 0 atom stereocenters. The van der Waals surface area contributed by atoms with Gasteiger partial charge in [0.1, 0.15) is 0 Å². The molecule has 0 aliphatic carbocycles. The lowest BCUT2D eigenvalue weighted by Crippen LogP contribution is -2.27. The average molecular weight is 426 g/mol. The molecule has 2 amide bonds. The van der Waals surface area contributed by atoms with E-state index < -0.39 is 0 Å². The molecule has 0 saturated heterocycles. The SMILES string of the molecule is O=C(CCNC(=O)c1ccsc1)Nc1nc(-c2cc(Cl)ccc2Cl)cs1. The quantitative estimate of drug-likeness (QED) is 0.587. The first kappa shape index (κ1) is 18.8. The zero-order valence-electron chi connectivity index (χ0n) is 13.3. The van der Waals surface area contributed by atoms with Crippen LogP contribution in [0, 0.1) is 0 Å². The van der Waals surface area contributed by atoms with Gasteiger partial charge in [-0.3, -0.25) is 9.59 Å². The zero-order valence-corrected chi connectivity index (χ0v) is 16.4. The van der Waals surface area contributed by atoms with Gasteiger partial charge in [-0.25, -0.2) is 4.98 Å². The van der Waals surface area contributed by atoms with E-state index in [4.69, 9.17) is 23.2 Å². The highest BCUT2D eigenvalue weighted by atomic mass is 35.5. The van der Waals surface area contributed by atoms with Crippen LogP contribution in [0.15, 0.2) is 40.4 Å². The van der Waals surface area contributed by atoms with Gasteiger partial charge in [-0.2, -0.15) is 11.3 Å². The lowest BCUT2D eigenvalue weighted by atomic mass is 10.2. The van der Waals surface area contributed by atoms with E-state index in [-0.39, 0.29) is 24.8 Å². The second kappa shape index (κ2) is 8.64. The molecule has 2 heterocycles. The average Bonchev–Trinajstić information content (AvgIpc) is 3.29. The van der Waals surface area contributed by atoms with Crippen LogP contribution in [0.4, 0.5) is 5.13 Å².